The third-order valence-corrected chi connectivity index (χ3v) is 9.51. The second-order valence-corrected chi connectivity index (χ2v) is 12.7. The lowest BCUT2D eigenvalue weighted by Crippen LogP contribution is -2.58. The summed E-state index contributed by atoms with van der Waals surface area (Å²) < 4.78 is 11.9. The number of anilines is 1. The summed E-state index contributed by atoms with van der Waals surface area (Å²) >= 11 is 0. The average molecular weight is 511 g/mol. The van der Waals surface area contributed by atoms with Crippen LogP contribution in [-0.4, -0.2) is 33.8 Å². The Balaban J connectivity index is 1.64. The number of carbonyl (C=O) groups excluding carboxylic acids is 1. The third-order valence-electron chi connectivity index (χ3n) is 7.00. The lowest BCUT2D eigenvalue weighted by atomic mass is 9.67. The highest BCUT2D eigenvalue weighted by molar-refractivity contribution is 6.80. The summed E-state index contributed by atoms with van der Waals surface area (Å²) in [4.78, 5) is 14.2. The van der Waals surface area contributed by atoms with Crippen molar-refractivity contribution in [2.45, 2.75) is 33.2 Å². The first-order chi connectivity index (χ1) is 17.8. The Kier molecular flexibility index (Phi) is 7.96. The van der Waals surface area contributed by atoms with Gasteiger partial charge in [0.1, 0.15) is 5.54 Å². The Morgan fingerprint density at radius 1 is 0.973 bits per heavy atom. The molecule has 2 atom stereocenters. The fourth-order valence-electron chi connectivity index (χ4n) is 5.13. The maximum Gasteiger partial charge on any atom is 0.338 e. The normalized spacial score (nSPS) is 19.1. The summed E-state index contributed by atoms with van der Waals surface area (Å²) in [5.74, 6) is -0.498. The van der Waals surface area contributed by atoms with Gasteiger partial charge < -0.3 is 14.1 Å². The molecular formula is C31H34N2O3Si. The molecule has 3 aromatic rings. The monoisotopic (exact) mass is 510 g/mol. The molecule has 1 heterocycles. The van der Waals surface area contributed by atoms with Gasteiger partial charge in [0, 0.05) is 24.4 Å². The molecule has 0 aliphatic carbocycles. The van der Waals surface area contributed by atoms with Gasteiger partial charge in [-0.2, -0.15) is 5.26 Å². The van der Waals surface area contributed by atoms with E-state index in [1.165, 1.54) is 10.4 Å². The van der Waals surface area contributed by atoms with Crippen molar-refractivity contribution in [1.29, 1.82) is 5.26 Å². The Morgan fingerprint density at radius 3 is 2.03 bits per heavy atom. The number of esters is 1. The largest absolute Gasteiger partial charge is 0.462 e. The summed E-state index contributed by atoms with van der Waals surface area (Å²) in [7, 11) is -1.96. The highest BCUT2D eigenvalue weighted by Crippen LogP contribution is 2.48. The second-order valence-electron chi connectivity index (χ2n) is 10.2. The van der Waals surface area contributed by atoms with E-state index in [9.17, 15) is 10.1 Å². The highest BCUT2D eigenvalue weighted by Gasteiger charge is 2.55. The summed E-state index contributed by atoms with van der Waals surface area (Å²) in [6, 6.07) is 30.7. The summed E-state index contributed by atoms with van der Waals surface area (Å²) in [6.45, 7) is 8.84. The van der Waals surface area contributed by atoms with Crippen molar-refractivity contribution in [1.82, 2.24) is 0 Å². The Hall–Kier alpha value is -3.66. The summed E-state index contributed by atoms with van der Waals surface area (Å²) in [5, 5.41) is 13.1. The van der Waals surface area contributed by atoms with Crippen LogP contribution in [0.4, 0.5) is 5.69 Å². The van der Waals surface area contributed by atoms with E-state index in [0.717, 1.165) is 5.69 Å². The molecule has 5 nitrogen and oxygen atoms in total. The molecule has 0 spiro atoms. The zero-order valence-corrected chi connectivity index (χ0v) is 23.1. The quantitative estimate of drug-likeness (QED) is 0.325. The second kappa shape index (κ2) is 11.2. The van der Waals surface area contributed by atoms with Gasteiger partial charge in [0.05, 0.1) is 18.2 Å². The van der Waals surface area contributed by atoms with Crippen molar-refractivity contribution in [3.05, 3.63) is 103 Å². The molecule has 2 unspecified atom stereocenters. The van der Waals surface area contributed by atoms with Gasteiger partial charge in [-0.3, -0.25) is 0 Å². The zero-order valence-electron chi connectivity index (χ0n) is 21.9. The topological polar surface area (TPSA) is 62.6 Å². The molecule has 0 radical (unpaired) electrons. The highest BCUT2D eigenvalue weighted by atomic mass is 28.3. The van der Waals surface area contributed by atoms with E-state index in [-0.39, 0.29) is 11.9 Å². The number of hydrogen-bond acceptors (Lipinski definition) is 5. The van der Waals surface area contributed by atoms with Gasteiger partial charge in [0.2, 0.25) is 9.04 Å². The maximum absolute atomic E-state index is 12.1. The first-order valence-corrected chi connectivity index (χ1v) is 14.3. The van der Waals surface area contributed by atoms with Crippen molar-refractivity contribution in [2.75, 3.05) is 18.1 Å². The van der Waals surface area contributed by atoms with E-state index in [2.05, 4.69) is 57.2 Å². The van der Waals surface area contributed by atoms with Gasteiger partial charge in [-0.1, -0.05) is 87.5 Å². The van der Waals surface area contributed by atoms with E-state index < -0.39 is 20.0 Å². The van der Waals surface area contributed by atoms with Crippen LogP contribution >= 0.6 is 0 Å². The third kappa shape index (κ3) is 5.24. The summed E-state index contributed by atoms with van der Waals surface area (Å²) in [5.41, 5.74) is 0.0789. The van der Waals surface area contributed by atoms with E-state index in [4.69, 9.17) is 9.16 Å². The van der Waals surface area contributed by atoms with Gasteiger partial charge >= 0.3 is 5.97 Å². The van der Waals surface area contributed by atoms with E-state index >= 15 is 0 Å². The molecule has 1 aliphatic rings. The van der Waals surface area contributed by atoms with Crippen molar-refractivity contribution in [3.63, 3.8) is 0 Å². The van der Waals surface area contributed by atoms with Crippen LogP contribution in [0.3, 0.4) is 0 Å². The molecular weight excluding hydrogens is 476 g/mol. The van der Waals surface area contributed by atoms with Crippen molar-refractivity contribution in [2.24, 2.45) is 11.3 Å². The van der Waals surface area contributed by atoms with Crippen LogP contribution < -0.4 is 15.3 Å². The standard InChI is InChI=1S/C31H34N2O3Si/c1-5-35-29(34)24-16-18-26(19-17-24)33-21-20-25(31(33,23-32)30(2,3)4)22-36-37(27-12-8-6-9-13-27)28-14-10-7-11-15-28/h6-21,25,37H,5,22H2,1-4H3. The number of ether oxygens (including phenoxy) is 1. The zero-order chi connectivity index (χ0) is 26.5. The fourth-order valence-corrected chi connectivity index (χ4v) is 7.44. The molecule has 0 aromatic heterocycles. The Labute approximate surface area is 221 Å². The van der Waals surface area contributed by atoms with Gasteiger partial charge in [-0.15, -0.1) is 0 Å². The van der Waals surface area contributed by atoms with Gasteiger partial charge in [-0.25, -0.2) is 4.79 Å². The first kappa shape index (κ1) is 26.4. The van der Waals surface area contributed by atoms with E-state index in [0.29, 0.717) is 18.8 Å². The maximum atomic E-state index is 12.1. The predicted octanol–water partition coefficient (Wildman–Crippen LogP) is 4.68. The van der Waals surface area contributed by atoms with Gasteiger partial charge in [0.25, 0.3) is 0 Å². The molecule has 190 valence electrons. The molecule has 0 N–H and O–H groups in total. The van der Waals surface area contributed by atoms with Crippen LogP contribution in [-0.2, 0) is 9.16 Å². The molecule has 1 aliphatic heterocycles. The molecule has 0 amide bonds. The van der Waals surface area contributed by atoms with Crippen LogP contribution in [0.2, 0.25) is 0 Å². The summed E-state index contributed by atoms with van der Waals surface area (Å²) in [6.07, 6.45) is 4.08. The van der Waals surface area contributed by atoms with E-state index in [1.54, 1.807) is 19.1 Å². The molecule has 3 aromatic carbocycles. The smallest absolute Gasteiger partial charge is 0.338 e. The Bertz CT molecular complexity index is 1220. The molecule has 0 bridgehead atoms. The minimum Gasteiger partial charge on any atom is -0.462 e. The number of nitrogens with zero attached hydrogens (tertiary/aromatic N) is 2. The number of rotatable bonds is 8. The van der Waals surface area contributed by atoms with Crippen molar-refractivity contribution >= 4 is 31.1 Å². The molecule has 0 fully saturated rings. The van der Waals surface area contributed by atoms with Crippen LogP contribution in [0.1, 0.15) is 38.1 Å². The van der Waals surface area contributed by atoms with Crippen molar-refractivity contribution in [3.8, 4) is 6.07 Å². The first-order valence-electron chi connectivity index (χ1n) is 12.7. The molecule has 37 heavy (non-hydrogen) atoms. The van der Waals surface area contributed by atoms with Gasteiger partial charge in [0.15, 0.2) is 0 Å². The lowest BCUT2D eigenvalue weighted by molar-refractivity contribution is 0.0526. The number of hydrogen-bond donors (Lipinski definition) is 0. The Morgan fingerprint density at radius 2 is 1.54 bits per heavy atom. The minimum atomic E-state index is -1.96. The predicted molar refractivity (Wildman–Crippen MR) is 151 cm³/mol. The van der Waals surface area contributed by atoms with E-state index in [1.807, 2.05) is 59.6 Å². The lowest BCUT2D eigenvalue weighted by Gasteiger charge is -2.47. The SMILES string of the molecule is CCOC(=O)c1ccc(N2C=CC(CO[SiH](c3ccccc3)c3ccccc3)C2(C#N)C(C)(C)C)cc1. The molecule has 4 rings (SSSR count). The van der Waals surface area contributed by atoms with Crippen LogP contribution in [0.25, 0.3) is 0 Å². The average Bonchev–Trinajstić information content (AvgIpc) is 3.30. The number of carbonyl (C=O) groups is 1. The molecule has 0 saturated carbocycles. The fraction of sp³-hybridized carbons (Fsp3) is 0.290. The van der Waals surface area contributed by atoms with Gasteiger partial charge in [-0.05, 0) is 47.0 Å². The number of benzene rings is 3. The van der Waals surface area contributed by atoms with Crippen LogP contribution in [0.5, 0.6) is 0 Å². The van der Waals surface area contributed by atoms with Crippen molar-refractivity contribution < 1.29 is 14.0 Å². The molecule has 0 saturated heterocycles. The number of nitriles is 1. The minimum absolute atomic E-state index is 0.148. The van der Waals surface area contributed by atoms with Crippen LogP contribution in [0, 0.1) is 22.7 Å². The molecule has 6 heteroatoms. The van der Waals surface area contributed by atoms with Crippen LogP contribution in [0.15, 0.2) is 97.2 Å².